The number of rotatable bonds is 4. The van der Waals surface area contributed by atoms with Crippen molar-refractivity contribution in [1.29, 1.82) is 0 Å². The number of pyridine rings is 1. The maximum Gasteiger partial charge on any atom is 0.247 e. The van der Waals surface area contributed by atoms with Crippen LogP contribution in [0, 0.1) is 0 Å². The summed E-state index contributed by atoms with van der Waals surface area (Å²) in [7, 11) is 0. The molecule has 23 heavy (non-hydrogen) atoms. The fourth-order valence-corrected chi connectivity index (χ4v) is 2.24. The monoisotopic (exact) mass is 333 g/mol. The van der Waals surface area contributed by atoms with Gasteiger partial charge in [0.1, 0.15) is 25.1 Å². The summed E-state index contributed by atoms with van der Waals surface area (Å²) in [6.07, 6.45) is 1.48. The Morgan fingerprint density at radius 1 is 1.22 bits per heavy atom. The molecule has 0 fully saturated rings. The first-order chi connectivity index (χ1) is 11.1. The molecule has 2 N–H and O–H groups in total. The molecule has 0 unspecified atom stereocenters. The highest BCUT2D eigenvalue weighted by molar-refractivity contribution is 6.30. The number of carbonyl (C=O) groups excluding carboxylic acids is 1. The Balaban J connectivity index is 1.62. The molecule has 1 amide bonds. The van der Waals surface area contributed by atoms with E-state index in [2.05, 4.69) is 15.6 Å². The van der Waals surface area contributed by atoms with E-state index in [9.17, 15) is 4.79 Å². The first-order valence-corrected chi connectivity index (χ1v) is 7.58. The van der Waals surface area contributed by atoms with Gasteiger partial charge in [0.25, 0.3) is 0 Å². The zero-order valence-electron chi connectivity index (χ0n) is 12.5. The molecule has 1 aromatic carbocycles. The van der Waals surface area contributed by atoms with Crippen molar-refractivity contribution in [1.82, 2.24) is 4.98 Å². The lowest BCUT2D eigenvalue weighted by atomic mass is 10.2. The van der Waals surface area contributed by atoms with Crippen LogP contribution in [0.2, 0.25) is 5.02 Å². The van der Waals surface area contributed by atoms with E-state index in [1.54, 1.807) is 19.1 Å². The van der Waals surface area contributed by atoms with Gasteiger partial charge < -0.3 is 20.1 Å². The number of hydrogen-bond acceptors (Lipinski definition) is 5. The highest BCUT2D eigenvalue weighted by atomic mass is 35.5. The van der Waals surface area contributed by atoms with Crippen molar-refractivity contribution in [3.8, 4) is 11.5 Å². The Hall–Kier alpha value is -2.47. The Morgan fingerprint density at radius 2 is 2.00 bits per heavy atom. The Kier molecular flexibility index (Phi) is 4.52. The van der Waals surface area contributed by atoms with Gasteiger partial charge in [0.15, 0.2) is 11.5 Å². The Bertz CT molecular complexity index is 706. The molecule has 1 aromatic heterocycles. The van der Waals surface area contributed by atoms with E-state index in [0.29, 0.717) is 35.6 Å². The molecule has 7 heteroatoms. The smallest absolute Gasteiger partial charge is 0.247 e. The summed E-state index contributed by atoms with van der Waals surface area (Å²) in [4.78, 5) is 16.2. The van der Waals surface area contributed by atoms with Crippen molar-refractivity contribution >= 4 is 29.0 Å². The van der Waals surface area contributed by atoms with E-state index in [-0.39, 0.29) is 5.91 Å². The molecular formula is C16H16ClN3O3. The van der Waals surface area contributed by atoms with Crippen molar-refractivity contribution in [2.24, 2.45) is 0 Å². The molecule has 6 nitrogen and oxygen atoms in total. The number of benzene rings is 1. The third-order valence-electron chi connectivity index (χ3n) is 3.30. The maximum absolute atomic E-state index is 12.2. The Morgan fingerprint density at radius 3 is 2.74 bits per heavy atom. The van der Waals surface area contributed by atoms with Crippen LogP contribution < -0.4 is 20.1 Å². The number of halogens is 1. The predicted molar refractivity (Wildman–Crippen MR) is 88.4 cm³/mol. The third kappa shape index (κ3) is 3.84. The van der Waals surface area contributed by atoms with E-state index in [4.69, 9.17) is 21.1 Å². The largest absolute Gasteiger partial charge is 0.486 e. The number of ether oxygens (including phenoxy) is 2. The summed E-state index contributed by atoms with van der Waals surface area (Å²) >= 11 is 5.77. The van der Waals surface area contributed by atoms with Crippen molar-refractivity contribution in [2.75, 3.05) is 23.8 Å². The molecule has 0 spiro atoms. The van der Waals surface area contributed by atoms with Gasteiger partial charge in [-0.1, -0.05) is 11.6 Å². The highest BCUT2D eigenvalue weighted by Crippen LogP contribution is 2.32. The van der Waals surface area contributed by atoms with Gasteiger partial charge in [-0.2, -0.15) is 0 Å². The summed E-state index contributed by atoms with van der Waals surface area (Å²) in [5.41, 5.74) is 0.779. The van der Waals surface area contributed by atoms with Crippen LogP contribution in [0.3, 0.4) is 0 Å². The van der Waals surface area contributed by atoms with Crippen molar-refractivity contribution < 1.29 is 14.3 Å². The second-order valence-electron chi connectivity index (χ2n) is 5.08. The van der Waals surface area contributed by atoms with Gasteiger partial charge in [-0.15, -0.1) is 0 Å². The number of nitrogens with one attached hydrogen (secondary N) is 2. The van der Waals surface area contributed by atoms with Crippen LogP contribution in [0.5, 0.6) is 11.5 Å². The zero-order chi connectivity index (χ0) is 16.2. The van der Waals surface area contributed by atoms with Gasteiger partial charge in [-0.3, -0.25) is 4.79 Å². The summed E-state index contributed by atoms with van der Waals surface area (Å²) in [5.74, 6) is 1.64. The van der Waals surface area contributed by atoms with E-state index >= 15 is 0 Å². The van der Waals surface area contributed by atoms with Gasteiger partial charge in [0, 0.05) is 18.0 Å². The molecule has 0 aliphatic carbocycles. The molecule has 0 saturated heterocycles. The van der Waals surface area contributed by atoms with Gasteiger partial charge in [-0.25, -0.2) is 4.98 Å². The van der Waals surface area contributed by atoms with E-state index in [1.165, 1.54) is 6.20 Å². The van der Waals surface area contributed by atoms with Crippen LogP contribution in [0.4, 0.5) is 11.5 Å². The fourth-order valence-electron chi connectivity index (χ4n) is 2.13. The average Bonchev–Trinajstić information content (AvgIpc) is 2.56. The minimum Gasteiger partial charge on any atom is -0.486 e. The van der Waals surface area contributed by atoms with E-state index < -0.39 is 6.04 Å². The van der Waals surface area contributed by atoms with Crippen LogP contribution in [0.1, 0.15) is 6.92 Å². The molecule has 2 heterocycles. The fraction of sp³-hybridized carbons (Fsp3) is 0.250. The van der Waals surface area contributed by atoms with Crippen LogP contribution in [0.25, 0.3) is 0 Å². The van der Waals surface area contributed by atoms with E-state index in [0.717, 1.165) is 5.69 Å². The van der Waals surface area contributed by atoms with Gasteiger partial charge >= 0.3 is 0 Å². The maximum atomic E-state index is 12.2. The number of hydrogen-bond donors (Lipinski definition) is 2. The number of fused-ring (bicyclic) bond motifs is 1. The topological polar surface area (TPSA) is 72.5 Å². The van der Waals surface area contributed by atoms with Crippen LogP contribution >= 0.6 is 11.6 Å². The van der Waals surface area contributed by atoms with Crippen molar-refractivity contribution in [2.45, 2.75) is 13.0 Å². The number of aromatic nitrogens is 1. The van der Waals surface area contributed by atoms with Crippen LogP contribution in [-0.4, -0.2) is 30.1 Å². The molecule has 120 valence electrons. The predicted octanol–water partition coefficient (Wildman–Crippen LogP) is 2.95. The standard InChI is InChI=1S/C16H16ClN3O3/c1-10(16(21)20-15-5-2-11(17)9-18-15)19-12-3-4-13-14(8-12)23-7-6-22-13/h2-5,8-10,19H,6-7H2,1H3,(H,18,20,21)/t10-/m1/s1. The van der Waals surface area contributed by atoms with Crippen LogP contribution in [-0.2, 0) is 4.79 Å². The van der Waals surface area contributed by atoms with Crippen molar-refractivity contribution in [3.63, 3.8) is 0 Å². The van der Waals surface area contributed by atoms with Gasteiger partial charge in [0.05, 0.1) is 5.02 Å². The van der Waals surface area contributed by atoms with Gasteiger partial charge in [0.2, 0.25) is 5.91 Å². The molecule has 3 rings (SSSR count). The zero-order valence-corrected chi connectivity index (χ0v) is 13.3. The molecule has 0 saturated carbocycles. The minimum absolute atomic E-state index is 0.199. The third-order valence-corrected chi connectivity index (χ3v) is 3.52. The summed E-state index contributed by atoms with van der Waals surface area (Å²) in [6.45, 7) is 2.84. The summed E-state index contributed by atoms with van der Waals surface area (Å²) in [6, 6.07) is 8.36. The molecule has 1 aliphatic heterocycles. The normalized spacial score (nSPS) is 14.0. The molecule has 0 bridgehead atoms. The first kappa shape index (κ1) is 15.4. The number of anilines is 2. The second kappa shape index (κ2) is 6.75. The quantitative estimate of drug-likeness (QED) is 0.900. The first-order valence-electron chi connectivity index (χ1n) is 7.20. The lowest BCUT2D eigenvalue weighted by molar-refractivity contribution is -0.116. The van der Waals surface area contributed by atoms with Crippen molar-refractivity contribution in [3.05, 3.63) is 41.6 Å². The minimum atomic E-state index is -0.449. The number of amides is 1. The van der Waals surface area contributed by atoms with E-state index in [1.807, 2.05) is 18.2 Å². The Labute approximate surface area is 138 Å². The second-order valence-corrected chi connectivity index (χ2v) is 5.51. The molecule has 2 aromatic rings. The average molecular weight is 334 g/mol. The molecule has 1 aliphatic rings. The van der Waals surface area contributed by atoms with Crippen LogP contribution in [0.15, 0.2) is 36.5 Å². The summed E-state index contributed by atoms with van der Waals surface area (Å²) < 4.78 is 11.0. The number of carbonyl (C=O) groups is 1. The van der Waals surface area contributed by atoms with Gasteiger partial charge in [-0.05, 0) is 31.2 Å². The molecule has 1 atom stereocenters. The number of nitrogens with zero attached hydrogens (tertiary/aromatic N) is 1. The summed E-state index contributed by atoms with van der Waals surface area (Å²) in [5, 5.41) is 6.37. The lowest BCUT2D eigenvalue weighted by Gasteiger charge is -2.20. The lowest BCUT2D eigenvalue weighted by Crippen LogP contribution is -2.32. The molecular weight excluding hydrogens is 318 g/mol. The SMILES string of the molecule is C[C@@H](Nc1ccc2c(c1)OCCO2)C(=O)Nc1ccc(Cl)cn1. The highest BCUT2D eigenvalue weighted by Gasteiger charge is 2.16. The molecule has 0 radical (unpaired) electrons.